The van der Waals surface area contributed by atoms with Gasteiger partial charge in [-0.1, -0.05) is 0 Å². The lowest BCUT2D eigenvalue weighted by Crippen LogP contribution is -2.49. The van der Waals surface area contributed by atoms with Crippen molar-refractivity contribution >= 4 is 5.97 Å². The molecular formula is C10H18N2O2. The summed E-state index contributed by atoms with van der Waals surface area (Å²) in [6.07, 6.45) is 2.77. The second-order valence-corrected chi connectivity index (χ2v) is 4.29. The molecule has 4 heteroatoms. The molecule has 2 fully saturated rings. The van der Waals surface area contributed by atoms with Gasteiger partial charge in [-0.15, -0.1) is 0 Å². The van der Waals surface area contributed by atoms with Crippen molar-refractivity contribution in [1.82, 2.24) is 10.2 Å². The smallest absolute Gasteiger partial charge is 0.304 e. The highest BCUT2D eigenvalue weighted by Crippen LogP contribution is 2.36. The first kappa shape index (κ1) is 9.93. The summed E-state index contributed by atoms with van der Waals surface area (Å²) in [5, 5.41) is 12.1. The number of carboxylic acid groups (broad SMARTS) is 1. The van der Waals surface area contributed by atoms with Gasteiger partial charge in [-0.25, -0.2) is 0 Å². The molecule has 1 atom stereocenters. The van der Waals surface area contributed by atoms with Crippen molar-refractivity contribution in [2.24, 2.45) is 5.92 Å². The van der Waals surface area contributed by atoms with Gasteiger partial charge in [0.15, 0.2) is 0 Å². The second kappa shape index (κ2) is 4.28. The molecule has 2 rings (SSSR count). The molecule has 0 aromatic heterocycles. The largest absolute Gasteiger partial charge is 0.481 e. The highest BCUT2D eigenvalue weighted by molar-refractivity contribution is 5.67. The van der Waals surface area contributed by atoms with E-state index in [4.69, 9.17) is 5.11 Å². The first-order valence-electron chi connectivity index (χ1n) is 5.44. The van der Waals surface area contributed by atoms with Gasteiger partial charge in [-0.05, 0) is 18.8 Å². The molecule has 1 aliphatic heterocycles. The van der Waals surface area contributed by atoms with E-state index in [-0.39, 0.29) is 0 Å². The molecule has 1 saturated heterocycles. The third kappa shape index (κ3) is 2.45. The topological polar surface area (TPSA) is 52.6 Å². The van der Waals surface area contributed by atoms with E-state index < -0.39 is 5.97 Å². The van der Waals surface area contributed by atoms with Crippen molar-refractivity contribution in [3.05, 3.63) is 0 Å². The maximum Gasteiger partial charge on any atom is 0.304 e. The number of hydrogen-bond acceptors (Lipinski definition) is 3. The number of hydrogen-bond donors (Lipinski definition) is 2. The Hall–Kier alpha value is -0.610. The van der Waals surface area contributed by atoms with Crippen molar-refractivity contribution in [2.45, 2.75) is 25.3 Å². The van der Waals surface area contributed by atoms with Crippen LogP contribution in [0.2, 0.25) is 0 Å². The van der Waals surface area contributed by atoms with Crippen LogP contribution in [0.1, 0.15) is 19.3 Å². The number of aliphatic carboxylic acids is 1. The molecule has 1 unspecified atom stereocenters. The van der Waals surface area contributed by atoms with Crippen LogP contribution in [0.15, 0.2) is 0 Å². The lowest BCUT2D eigenvalue weighted by molar-refractivity contribution is -0.138. The van der Waals surface area contributed by atoms with E-state index in [0.717, 1.165) is 26.2 Å². The summed E-state index contributed by atoms with van der Waals surface area (Å²) >= 11 is 0. The minimum absolute atomic E-state index is 0.301. The molecule has 1 aliphatic carbocycles. The minimum atomic E-state index is -0.652. The van der Waals surface area contributed by atoms with E-state index in [0.29, 0.717) is 18.4 Å². The Bertz CT molecular complexity index is 210. The number of carboxylic acids is 1. The average molecular weight is 198 g/mol. The van der Waals surface area contributed by atoms with Crippen molar-refractivity contribution in [1.29, 1.82) is 0 Å². The fourth-order valence-corrected chi connectivity index (χ4v) is 2.27. The first-order chi connectivity index (χ1) is 6.77. The van der Waals surface area contributed by atoms with E-state index in [1.807, 2.05) is 0 Å². The van der Waals surface area contributed by atoms with Crippen LogP contribution >= 0.6 is 0 Å². The maximum atomic E-state index is 10.7. The van der Waals surface area contributed by atoms with E-state index in [1.165, 1.54) is 12.8 Å². The fraction of sp³-hybridized carbons (Fsp3) is 0.900. The van der Waals surface area contributed by atoms with Crippen LogP contribution in [0.3, 0.4) is 0 Å². The zero-order valence-electron chi connectivity index (χ0n) is 8.41. The SMILES string of the molecule is O=C(O)CC(C1CC1)N1CCNCC1. The van der Waals surface area contributed by atoms with E-state index in [9.17, 15) is 4.79 Å². The van der Waals surface area contributed by atoms with Gasteiger partial charge in [-0.2, -0.15) is 0 Å². The summed E-state index contributed by atoms with van der Waals surface area (Å²) in [6.45, 7) is 4.02. The summed E-state index contributed by atoms with van der Waals surface area (Å²) < 4.78 is 0. The Balaban J connectivity index is 1.90. The second-order valence-electron chi connectivity index (χ2n) is 4.29. The van der Waals surface area contributed by atoms with Crippen LogP contribution in [-0.4, -0.2) is 48.2 Å². The zero-order chi connectivity index (χ0) is 9.97. The molecule has 0 aromatic carbocycles. The molecule has 2 aliphatic rings. The van der Waals surface area contributed by atoms with Gasteiger partial charge in [0.05, 0.1) is 6.42 Å². The normalized spacial score (nSPS) is 26.0. The highest BCUT2D eigenvalue weighted by atomic mass is 16.4. The monoisotopic (exact) mass is 198 g/mol. The van der Waals surface area contributed by atoms with Crippen molar-refractivity contribution in [3.8, 4) is 0 Å². The Morgan fingerprint density at radius 3 is 2.57 bits per heavy atom. The van der Waals surface area contributed by atoms with Gasteiger partial charge in [0.2, 0.25) is 0 Å². The number of carbonyl (C=O) groups is 1. The number of piperazine rings is 1. The zero-order valence-corrected chi connectivity index (χ0v) is 8.41. The van der Waals surface area contributed by atoms with Crippen molar-refractivity contribution in [3.63, 3.8) is 0 Å². The Labute approximate surface area is 84.3 Å². The summed E-state index contributed by atoms with van der Waals surface area (Å²) in [5.74, 6) is 0.00429. The lowest BCUT2D eigenvalue weighted by atomic mass is 10.1. The quantitative estimate of drug-likeness (QED) is 0.675. The third-order valence-corrected chi connectivity index (χ3v) is 3.17. The molecule has 0 spiro atoms. The Morgan fingerprint density at radius 2 is 2.07 bits per heavy atom. The molecular weight excluding hydrogens is 180 g/mol. The summed E-state index contributed by atoms with van der Waals surface area (Å²) in [7, 11) is 0. The van der Waals surface area contributed by atoms with Gasteiger partial charge in [0, 0.05) is 32.2 Å². The Morgan fingerprint density at radius 1 is 1.43 bits per heavy atom. The van der Waals surface area contributed by atoms with Gasteiger partial charge in [-0.3, -0.25) is 9.69 Å². The number of rotatable bonds is 4. The van der Waals surface area contributed by atoms with Gasteiger partial charge in [0.1, 0.15) is 0 Å². The molecule has 80 valence electrons. The molecule has 0 bridgehead atoms. The number of nitrogens with zero attached hydrogens (tertiary/aromatic N) is 1. The molecule has 2 N–H and O–H groups in total. The molecule has 4 nitrogen and oxygen atoms in total. The lowest BCUT2D eigenvalue weighted by Gasteiger charge is -2.34. The molecule has 1 saturated carbocycles. The summed E-state index contributed by atoms with van der Waals surface area (Å²) in [4.78, 5) is 13.1. The Kier molecular flexibility index (Phi) is 3.03. The molecule has 0 aromatic rings. The predicted molar refractivity (Wildman–Crippen MR) is 53.2 cm³/mol. The first-order valence-corrected chi connectivity index (χ1v) is 5.44. The van der Waals surface area contributed by atoms with Gasteiger partial charge >= 0.3 is 5.97 Å². The summed E-state index contributed by atoms with van der Waals surface area (Å²) in [6, 6.07) is 0.301. The van der Waals surface area contributed by atoms with E-state index in [1.54, 1.807) is 0 Å². The van der Waals surface area contributed by atoms with Crippen LogP contribution < -0.4 is 5.32 Å². The van der Waals surface area contributed by atoms with Crippen LogP contribution in [0, 0.1) is 5.92 Å². The maximum absolute atomic E-state index is 10.7. The molecule has 0 radical (unpaired) electrons. The van der Waals surface area contributed by atoms with Gasteiger partial charge in [0.25, 0.3) is 0 Å². The van der Waals surface area contributed by atoms with Crippen LogP contribution in [0.5, 0.6) is 0 Å². The van der Waals surface area contributed by atoms with E-state index >= 15 is 0 Å². The van der Waals surface area contributed by atoms with E-state index in [2.05, 4.69) is 10.2 Å². The highest BCUT2D eigenvalue weighted by Gasteiger charge is 2.36. The molecule has 1 heterocycles. The van der Waals surface area contributed by atoms with Crippen LogP contribution in [0.4, 0.5) is 0 Å². The van der Waals surface area contributed by atoms with Crippen molar-refractivity contribution < 1.29 is 9.90 Å². The third-order valence-electron chi connectivity index (χ3n) is 3.17. The van der Waals surface area contributed by atoms with Crippen LogP contribution in [0.25, 0.3) is 0 Å². The standard InChI is InChI=1S/C10H18N2O2/c13-10(14)7-9(8-1-2-8)12-5-3-11-4-6-12/h8-9,11H,1-7H2,(H,13,14). The van der Waals surface area contributed by atoms with Crippen LogP contribution in [-0.2, 0) is 4.79 Å². The molecule has 14 heavy (non-hydrogen) atoms. The number of nitrogens with one attached hydrogen (secondary N) is 1. The average Bonchev–Trinajstić information content (AvgIpc) is 2.99. The van der Waals surface area contributed by atoms with Gasteiger partial charge < -0.3 is 10.4 Å². The summed E-state index contributed by atoms with van der Waals surface area (Å²) in [5.41, 5.74) is 0. The minimum Gasteiger partial charge on any atom is -0.481 e. The van der Waals surface area contributed by atoms with Crippen molar-refractivity contribution in [2.75, 3.05) is 26.2 Å². The predicted octanol–water partition coefficient (Wildman–Crippen LogP) is 0.145. The fourth-order valence-electron chi connectivity index (χ4n) is 2.27. The molecule has 0 amide bonds.